The molecule has 0 aliphatic rings. The number of nitrogens with one attached hydrogen (secondary N) is 1. The summed E-state index contributed by atoms with van der Waals surface area (Å²) in [7, 11) is 0. The Kier molecular flexibility index (Phi) is 5.92. The number of amides is 1. The first-order valence-electron chi connectivity index (χ1n) is 5.88. The summed E-state index contributed by atoms with van der Waals surface area (Å²) in [5.41, 5.74) is 0.617. The molecule has 0 unspecified atom stereocenters. The number of ether oxygens (including phenoxy) is 1. The lowest BCUT2D eigenvalue weighted by molar-refractivity contribution is 0.0943. The lowest BCUT2D eigenvalue weighted by Gasteiger charge is -2.11. The van der Waals surface area contributed by atoms with E-state index in [9.17, 15) is 4.79 Å². The molecule has 1 amide bonds. The zero-order valence-electron chi connectivity index (χ0n) is 10.7. The summed E-state index contributed by atoms with van der Waals surface area (Å²) in [5.74, 6) is 0.654. The standard InChI is InChI=1S/C14H18BrNO2/c1-4-5-8-18-13-7-6-11(9-12(13)15)14(17)16-10(2)3/h4,6-7,9-10H,1,5,8H2,2-3H3,(H,16,17). The molecule has 0 saturated carbocycles. The average molecular weight is 312 g/mol. The highest BCUT2D eigenvalue weighted by molar-refractivity contribution is 9.10. The van der Waals surface area contributed by atoms with Gasteiger partial charge in [-0.3, -0.25) is 4.79 Å². The molecule has 0 heterocycles. The molecule has 1 rings (SSSR count). The second kappa shape index (κ2) is 7.21. The van der Waals surface area contributed by atoms with Gasteiger partial charge in [-0.1, -0.05) is 6.08 Å². The first-order valence-corrected chi connectivity index (χ1v) is 6.68. The summed E-state index contributed by atoms with van der Waals surface area (Å²) < 4.78 is 6.32. The van der Waals surface area contributed by atoms with Crippen molar-refractivity contribution in [3.8, 4) is 5.75 Å². The van der Waals surface area contributed by atoms with Gasteiger partial charge in [0.2, 0.25) is 0 Å². The van der Waals surface area contributed by atoms with Crippen LogP contribution in [0.3, 0.4) is 0 Å². The zero-order valence-corrected chi connectivity index (χ0v) is 12.3. The average Bonchev–Trinajstić information content (AvgIpc) is 2.30. The van der Waals surface area contributed by atoms with Crippen LogP contribution >= 0.6 is 15.9 Å². The molecule has 0 aliphatic heterocycles. The lowest BCUT2D eigenvalue weighted by Crippen LogP contribution is -2.30. The molecule has 0 radical (unpaired) electrons. The molecule has 0 saturated heterocycles. The molecule has 98 valence electrons. The van der Waals surface area contributed by atoms with Crippen molar-refractivity contribution >= 4 is 21.8 Å². The van der Waals surface area contributed by atoms with Gasteiger partial charge in [0, 0.05) is 11.6 Å². The number of hydrogen-bond acceptors (Lipinski definition) is 2. The first-order chi connectivity index (χ1) is 8.54. The molecular weight excluding hydrogens is 294 g/mol. The number of halogens is 1. The van der Waals surface area contributed by atoms with Gasteiger partial charge < -0.3 is 10.1 Å². The second-order valence-electron chi connectivity index (χ2n) is 4.20. The molecule has 1 N–H and O–H groups in total. The van der Waals surface area contributed by atoms with Gasteiger partial charge >= 0.3 is 0 Å². The van der Waals surface area contributed by atoms with Gasteiger partial charge in [0.25, 0.3) is 5.91 Å². The molecule has 0 aliphatic carbocycles. The number of carbonyl (C=O) groups excluding carboxylic acids is 1. The minimum absolute atomic E-state index is 0.0802. The molecule has 18 heavy (non-hydrogen) atoms. The van der Waals surface area contributed by atoms with Crippen LogP contribution in [0.2, 0.25) is 0 Å². The minimum atomic E-state index is -0.0802. The maximum absolute atomic E-state index is 11.8. The summed E-state index contributed by atoms with van der Waals surface area (Å²) >= 11 is 3.40. The normalized spacial score (nSPS) is 10.2. The molecule has 0 fully saturated rings. The smallest absolute Gasteiger partial charge is 0.251 e. The van der Waals surface area contributed by atoms with E-state index in [1.54, 1.807) is 24.3 Å². The van der Waals surface area contributed by atoms with Crippen molar-refractivity contribution in [3.05, 3.63) is 40.9 Å². The molecule has 4 heteroatoms. The van der Waals surface area contributed by atoms with Crippen LogP contribution in [0.4, 0.5) is 0 Å². The van der Waals surface area contributed by atoms with E-state index in [1.807, 2.05) is 13.8 Å². The molecule has 0 aromatic heterocycles. The van der Waals surface area contributed by atoms with Crippen molar-refractivity contribution in [2.24, 2.45) is 0 Å². The maximum Gasteiger partial charge on any atom is 0.251 e. The van der Waals surface area contributed by atoms with Gasteiger partial charge in [-0.2, -0.15) is 0 Å². The van der Waals surface area contributed by atoms with Gasteiger partial charge in [0.1, 0.15) is 5.75 Å². The largest absolute Gasteiger partial charge is 0.492 e. The van der Waals surface area contributed by atoms with Crippen LogP contribution < -0.4 is 10.1 Å². The summed E-state index contributed by atoms with van der Waals surface area (Å²) in [5, 5.41) is 2.84. The van der Waals surface area contributed by atoms with Crippen molar-refractivity contribution in [3.63, 3.8) is 0 Å². The third-order valence-electron chi connectivity index (χ3n) is 2.19. The van der Waals surface area contributed by atoms with E-state index >= 15 is 0 Å². The highest BCUT2D eigenvalue weighted by Crippen LogP contribution is 2.26. The monoisotopic (exact) mass is 311 g/mol. The molecule has 1 aromatic rings. The summed E-state index contributed by atoms with van der Waals surface area (Å²) in [6, 6.07) is 5.44. The van der Waals surface area contributed by atoms with E-state index < -0.39 is 0 Å². The molecule has 3 nitrogen and oxygen atoms in total. The first kappa shape index (κ1) is 14.8. The fourth-order valence-corrected chi connectivity index (χ4v) is 1.85. The van der Waals surface area contributed by atoms with Crippen molar-refractivity contribution in [2.45, 2.75) is 26.3 Å². The van der Waals surface area contributed by atoms with Crippen molar-refractivity contribution in [1.29, 1.82) is 0 Å². The number of hydrogen-bond donors (Lipinski definition) is 1. The Morgan fingerprint density at radius 1 is 1.56 bits per heavy atom. The van der Waals surface area contributed by atoms with E-state index in [2.05, 4.69) is 27.8 Å². The fourth-order valence-electron chi connectivity index (χ4n) is 1.36. The highest BCUT2D eigenvalue weighted by atomic mass is 79.9. The molecule has 0 spiro atoms. The van der Waals surface area contributed by atoms with Gasteiger partial charge in [-0.05, 0) is 54.4 Å². The SMILES string of the molecule is C=CCCOc1ccc(C(=O)NC(C)C)cc1Br. The van der Waals surface area contributed by atoms with E-state index in [1.165, 1.54) is 0 Å². The second-order valence-corrected chi connectivity index (χ2v) is 5.05. The van der Waals surface area contributed by atoms with E-state index in [-0.39, 0.29) is 11.9 Å². The predicted octanol–water partition coefficient (Wildman–Crippen LogP) is 3.54. The van der Waals surface area contributed by atoms with Gasteiger partial charge in [0.05, 0.1) is 11.1 Å². The van der Waals surface area contributed by atoms with Crippen LogP contribution in [0.25, 0.3) is 0 Å². The van der Waals surface area contributed by atoms with Gasteiger partial charge in [-0.15, -0.1) is 6.58 Å². The number of benzene rings is 1. The maximum atomic E-state index is 11.8. The fraction of sp³-hybridized carbons (Fsp3) is 0.357. The van der Waals surface area contributed by atoms with Crippen LogP contribution in [0.15, 0.2) is 35.3 Å². The van der Waals surface area contributed by atoms with E-state index in [0.29, 0.717) is 12.2 Å². The van der Waals surface area contributed by atoms with E-state index in [4.69, 9.17) is 4.74 Å². The van der Waals surface area contributed by atoms with Crippen LogP contribution in [0, 0.1) is 0 Å². The highest BCUT2D eigenvalue weighted by Gasteiger charge is 2.09. The predicted molar refractivity (Wildman–Crippen MR) is 77.1 cm³/mol. The summed E-state index contributed by atoms with van der Waals surface area (Å²) in [6.45, 7) is 8.08. The summed E-state index contributed by atoms with van der Waals surface area (Å²) in [4.78, 5) is 11.8. The minimum Gasteiger partial charge on any atom is -0.492 e. The Morgan fingerprint density at radius 3 is 2.83 bits per heavy atom. The Balaban J connectivity index is 2.72. The quantitative estimate of drug-likeness (QED) is 0.644. The van der Waals surface area contributed by atoms with Crippen molar-refractivity contribution in [1.82, 2.24) is 5.32 Å². The van der Waals surface area contributed by atoms with Gasteiger partial charge in [-0.25, -0.2) is 0 Å². The molecule has 0 bridgehead atoms. The third kappa shape index (κ3) is 4.53. The third-order valence-corrected chi connectivity index (χ3v) is 2.81. The molecule has 1 aromatic carbocycles. The Bertz CT molecular complexity index is 430. The number of rotatable bonds is 6. The van der Waals surface area contributed by atoms with Crippen molar-refractivity contribution in [2.75, 3.05) is 6.61 Å². The van der Waals surface area contributed by atoms with Crippen LogP contribution in [-0.2, 0) is 0 Å². The van der Waals surface area contributed by atoms with Crippen molar-refractivity contribution < 1.29 is 9.53 Å². The van der Waals surface area contributed by atoms with Gasteiger partial charge in [0.15, 0.2) is 0 Å². The van der Waals surface area contributed by atoms with Crippen LogP contribution in [0.1, 0.15) is 30.6 Å². The summed E-state index contributed by atoms with van der Waals surface area (Å²) in [6.07, 6.45) is 2.60. The number of carbonyl (C=O) groups is 1. The van der Waals surface area contributed by atoms with E-state index in [0.717, 1.165) is 16.6 Å². The van der Waals surface area contributed by atoms with Crippen LogP contribution in [-0.4, -0.2) is 18.6 Å². The molecular formula is C14H18BrNO2. The molecule has 0 atom stereocenters. The van der Waals surface area contributed by atoms with Crippen LogP contribution in [0.5, 0.6) is 5.75 Å². The Labute approximate surface area is 116 Å². The zero-order chi connectivity index (χ0) is 13.5. The topological polar surface area (TPSA) is 38.3 Å². The Hall–Kier alpha value is -1.29. The lowest BCUT2D eigenvalue weighted by atomic mass is 10.2. The Morgan fingerprint density at radius 2 is 2.28 bits per heavy atom.